The molecule has 0 bridgehead atoms. The molecule has 8 heteroatoms. The number of pyridine rings is 1. The number of benzene rings is 1. The molecule has 3 heterocycles. The van der Waals surface area contributed by atoms with Crippen LogP contribution in [0.25, 0.3) is 17.1 Å². The van der Waals surface area contributed by atoms with Crippen LogP contribution in [0, 0.1) is 6.92 Å². The van der Waals surface area contributed by atoms with Gasteiger partial charge >= 0.3 is 0 Å². The molecular weight excluding hydrogens is 364 g/mol. The van der Waals surface area contributed by atoms with E-state index < -0.39 is 0 Å². The number of nitrogens with zero attached hydrogens (tertiary/aromatic N) is 6. The van der Waals surface area contributed by atoms with Crippen molar-refractivity contribution in [3.05, 3.63) is 60.2 Å². The predicted molar refractivity (Wildman–Crippen MR) is 103 cm³/mol. The molecule has 0 saturated heterocycles. The first-order valence-corrected chi connectivity index (χ1v) is 9.77. The molecule has 0 N–H and O–H groups in total. The van der Waals surface area contributed by atoms with Crippen LogP contribution in [0.2, 0.25) is 0 Å². The Morgan fingerprint density at radius 1 is 1.08 bits per heavy atom. The van der Waals surface area contributed by atoms with Crippen molar-refractivity contribution in [3.8, 4) is 17.1 Å². The summed E-state index contributed by atoms with van der Waals surface area (Å²) in [6.07, 6.45) is 4.35. The molecule has 0 radical (unpaired) electrons. The van der Waals surface area contributed by atoms with E-state index in [9.17, 15) is 0 Å². The minimum Gasteiger partial charge on any atom is -0.269 e. The van der Waals surface area contributed by atoms with E-state index in [0.717, 1.165) is 44.4 Å². The van der Waals surface area contributed by atoms with E-state index in [1.807, 2.05) is 31.2 Å². The third kappa shape index (κ3) is 3.25. The summed E-state index contributed by atoms with van der Waals surface area (Å²) in [7, 11) is 0. The summed E-state index contributed by atoms with van der Waals surface area (Å²) in [6.45, 7) is 4.13. The van der Waals surface area contributed by atoms with Gasteiger partial charge in [0.2, 0.25) is 5.16 Å². The van der Waals surface area contributed by atoms with Gasteiger partial charge in [-0.15, -0.1) is 10.2 Å². The van der Waals surface area contributed by atoms with Crippen LogP contribution >= 0.6 is 23.3 Å². The maximum Gasteiger partial charge on any atom is 0.203 e. The van der Waals surface area contributed by atoms with Gasteiger partial charge in [0, 0.05) is 24.4 Å². The first kappa shape index (κ1) is 16.9. The zero-order valence-electron chi connectivity index (χ0n) is 14.3. The van der Waals surface area contributed by atoms with Crippen molar-refractivity contribution in [1.82, 2.24) is 29.1 Å². The van der Waals surface area contributed by atoms with Gasteiger partial charge in [-0.05, 0) is 54.0 Å². The van der Waals surface area contributed by atoms with Gasteiger partial charge in [-0.2, -0.15) is 4.37 Å². The molecule has 0 amide bonds. The minimum atomic E-state index is 0.768. The maximum absolute atomic E-state index is 4.54. The first-order chi connectivity index (χ1) is 12.8. The Kier molecular flexibility index (Phi) is 4.77. The van der Waals surface area contributed by atoms with Crippen molar-refractivity contribution in [2.75, 3.05) is 0 Å². The zero-order valence-corrected chi connectivity index (χ0v) is 16.0. The number of rotatable bonds is 5. The first-order valence-electron chi connectivity index (χ1n) is 8.18. The van der Waals surface area contributed by atoms with E-state index in [-0.39, 0.29) is 0 Å². The van der Waals surface area contributed by atoms with Gasteiger partial charge in [0.25, 0.3) is 0 Å². The SMILES string of the molecule is CCc1nsc(Sc2nnc(-c3ccncc3)n2-c2ccccc2C)n1. The molecule has 0 spiro atoms. The Balaban J connectivity index is 1.84. The fourth-order valence-electron chi connectivity index (χ4n) is 2.56. The molecule has 0 saturated carbocycles. The van der Waals surface area contributed by atoms with Crippen molar-refractivity contribution < 1.29 is 0 Å². The van der Waals surface area contributed by atoms with E-state index in [1.54, 1.807) is 12.4 Å². The summed E-state index contributed by atoms with van der Waals surface area (Å²) in [5.74, 6) is 1.64. The van der Waals surface area contributed by atoms with E-state index in [2.05, 4.69) is 48.2 Å². The number of hydrogen-bond donors (Lipinski definition) is 0. The van der Waals surface area contributed by atoms with Gasteiger partial charge in [-0.1, -0.05) is 25.1 Å². The molecule has 0 aliphatic heterocycles. The summed E-state index contributed by atoms with van der Waals surface area (Å²) in [5, 5.41) is 9.65. The molecule has 0 unspecified atom stereocenters. The lowest BCUT2D eigenvalue weighted by molar-refractivity contribution is 0.878. The highest BCUT2D eigenvalue weighted by molar-refractivity contribution is 8.00. The average molecular weight is 381 g/mol. The van der Waals surface area contributed by atoms with Crippen LogP contribution in [0.3, 0.4) is 0 Å². The molecular formula is C18H16N6S2. The molecule has 0 fully saturated rings. The highest BCUT2D eigenvalue weighted by Crippen LogP contribution is 2.33. The van der Waals surface area contributed by atoms with Gasteiger partial charge in [0.05, 0.1) is 5.69 Å². The number of hydrogen-bond acceptors (Lipinski definition) is 7. The molecule has 4 aromatic rings. The Morgan fingerprint density at radius 2 is 1.88 bits per heavy atom. The topological polar surface area (TPSA) is 69.4 Å². The third-order valence-electron chi connectivity index (χ3n) is 3.87. The molecule has 0 atom stereocenters. The second-order valence-electron chi connectivity index (χ2n) is 5.60. The summed E-state index contributed by atoms with van der Waals surface area (Å²) < 4.78 is 7.30. The van der Waals surface area contributed by atoms with E-state index >= 15 is 0 Å². The predicted octanol–water partition coefficient (Wildman–Crippen LogP) is 4.20. The van der Waals surface area contributed by atoms with E-state index in [4.69, 9.17) is 0 Å². The molecule has 0 aliphatic rings. The number of aryl methyl sites for hydroxylation is 2. The van der Waals surface area contributed by atoms with Crippen LogP contribution in [0.1, 0.15) is 18.3 Å². The number of para-hydroxylation sites is 1. The van der Waals surface area contributed by atoms with Crippen molar-refractivity contribution in [2.45, 2.75) is 29.8 Å². The van der Waals surface area contributed by atoms with Crippen LogP contribution in [-0.4, -0.2) is 29.1 Å². The van der Waals surface area contributed by atoms with Gasteiger partial charge in [-0.25, -0.2) is 4.98 Å². The van der Waals surface area contributed by atoms with Gasteiger partial charge in [0.1, 0.15) is 5.82 Å². The Morgan fingerprint density at radius 3 is 2.62 bits per heavy atom. The molecule has 1 aromatic carbocycles. The van der Waals surface area contributed by atoms with Crippen LogP contribution in [0.15, 0.2) is 58.3 Å². The third-order valence-corrected chi connectivity index (χ3v) is 5.61. The smallest absolute Gasteiger partial charge is 0.203 e. The van der Waals surface area contributed by atoms with Crippen molar-refractivity contribution in [3.63, 3.8) is 0 Å². The van der Waals surface area contributed by atoms with Crippen LogP contribution in [-0.2, 0) is 6.42 Å². The molecule has 26 heavy (non-hydrogen) atoms. The van der Waals surface area contributed by atoms with Crippen LogP contribution in [0.4, 0.5) is 0 Å². The van der Waals surface area contributed by atoms with Crippen LogP contribution in [0.5, 0.6) is 0 Å². The van der Waals surface area contributed by atoms with Crippen molar-refractivity contribution >= 4 is 23.3 Å². The second kappa shape index (κ2) is 7.35. The fourth-order valence-corrected chi connectivity index (χ4v) is 4.21. The monoisotopic (exact) mass is 380 g/mol. The minimum absolute atomic E-state index is 0.768. The molecule has 130 valence electrons. The molecule has 0 aliphatic carbocycles. The highest BCUT2D eigenvalue weighted by atomic mass is 32.2. The van der Waals surface area contributed by atoms with Crippen LogP contribution < -0.4 is 0 Å². The lowest BCUT2D eigenvalue weighted by Crippen LogP contribution is -2.01. The Hall–Kier alpha value is -2.58. The summed E-state index contributed by atoms with van der Waals surface area (Å²) in [6, 6.07) is 12.1. The standard InChI is InChI=1S/C18H16N6S2/c1-3-15-20-18(26-23-15)25-17-22-21-16(13-8-10-19-11-9-13)24(17)14-7-5-4-6-12(14)2/h4-11H,3H2,1-2H3. The quantitative estimate of drug-likeness (QED) is 0.517. The van der Waals surface area contributed by atoms with Crippen molar-refractivity contribution in [1.29, 1.82) is 0 Å². The summed E-state index contributed by atoms with van der Waals surface area (Å²) >= 11 is 2.88. The lowest BCUT2D eigenvalue weighted by atomic mass is 10.2. The van der Waals surface area contributed by atoms with E-state index in [1.165, 1.54) is 23.3 Å². The van der Waals surface area contributed by atoms with Gasteiger partial charge in [0.15, 0.2) is 10.2 Å². The molecule has 6 nitrogen and oxygen atoms in total. The molecule has 4 rings (SSSR count). The normalized spacial score (nSPS) is 11.0. The zero-order chi connectivity index (χ0) is 17.9. The van der Waals surface area contributed by atoms with Crippen molar-refractivity contribution in [2.24, 2.45) is 0 Å². The molecule has 3 aromatic heterocycles. The summed E-state index contributed by atoms with van der Waals surface area (Å²) in [5.41, 5.74) is 3.16. The average Bonchev–Trinajstić information content (AvgIpc) is 3.30. The number of aromatic nitrogens is 6. The van der Waals surface area contributed by atoms with Gasteiger partial charge in [-0.3, -0.25) is 9.55 Å². The second-order valence-corrected chi connectivity index (χ2v) is 7.56. The Labute approximate surface area is 159 Å². The highest BCUT2D eigenvalue weighted by Gasteiger charge is 2.19. The largest absolute Gasteiger partial charge is 0.269 e. The Bertz CT molecular complexity index is 1030. The maximum atomic E-state index is 4.54. The fraction of sp³-hybridized carbons (Fsp3) is 0.167. The summed E-state index contributed by atoms with van der Waals surface area (Å²) in [4.78, 5) is 8.64. The van der Waals surface area contributed by atoms with E-state index in [0.29, 0.717) is 0 Å². The lowest BCUT2D eigenvalue weighted by Gasteiger charge is -2.12. The van der Waals surface area contributed by atoms with Gasteiger partial charge < -0.3 is 0 Å².